The highest BCUT2D eigenvalue weighted by molar-refractivity contribution is 7.89. The largest absolute Gasteiger partial charge is 0.379 e. The van der Waals surface area contributed by atoms with Crippen LogP contribution in [0.4, 0.5) is 11.4 Å². The van der Waals surface area contributed by atoms with Crippen molar-refractivity contribution in [2.75, 3.05) is 31.7 Å². The minimum atomic E-state index is -3.94. The monoisotopic (exact) mass is 404 g/mol. The van der Waals surface area contributed by atoms with Crippen LogP contribution in [0.1, 0.15) is 12.5 Å². The number of hydrazone groups is 1. The van der Waals surface area contributed by atoms with E-state index in [9.17, 15) is 18.5 Å². The number of anilines is 1. The molecule has 10 heteroatoms. The maximum Gasteiger partial charge on any atom is 0.270 e. The third kappa shape index (κ3) is 4.35. The van der Waals surface area contributed by atoms with Gasteiger partial charge in [0.2, 0.25) is 10.0 Å². The molecule has 148 valence electrons. The van der Waals surface area contributed by atoms with Gasteiger partial charge in [-0.15, -0.1) is 0 Å². The van der Waals surface area contributed by atoms with Gasteiger partial charge in [-0.2, -0.15) is 9.41 Å². The van der Waals surface area contributed by atoms with Crippen LogP contribution in [0.5, 0.6) is 0 Å². The fourth-order valence-electron chi connectivity index (χ4n) is 2.74. The van der Waals surface area contributed by atoms with Crippen LogP contribution >= 0.6 is 0 Å². The van der Waals surface area contributed by atoms with E-state index in [0.717, 1.165) is 11.6 Å². The lowest BCUT2D eigenvalue weighted by atomic mass is 10.1. The second-order valence-electron chi connectivity index (χ2n) is 6.13. The zero-order valence-electron chi connectivity index (χ0n) is 15.2. The van der Waals surface area contributed by atoms with Crippen LogP contribution in [0.15, 0.2) is 58.5 Å². The summed E-state index contributed by atoms with van der Waals surface area (Å²) in [6, 6.07) is 13.0. The summed E-state index contributed by atoms with van der Waals surface area (Å²) in [5.74, 6) is 0. The molecule has 0 amide bonds. The first kappa shape index (κ1) is 19.9. The fraction of sp³-hybridized carbons (Fsp3) is 0.278. The highest BCUT2D eigenvalue weighted by Crippen LogP contribution is 2.29. The van der Waals surface area contributed by atoms with Crippen molar-refractivity contribution in [1.29, 1.82) is 0 Å². The highest BCUT2D eigenvalue weighted by Gasteiger charge is 2.30. The summed E-state index contributed by atoms with van der Waals surface area (Å²) in [5, 5.41) is 15.4. The van der Waals surface area contributed by atoms with Crippen LogP contribution in [0.2, 0.25) is 0 Å². The van der Waals surface area contributed by atoms with Crippen LogP contribution in [-0.2, 0) is 14.8 Å². The fourth-order valence-corrected chi connectivity index (χ4v) is 4.31. The number of morpholine rings is 1. The molecule has 1 aliphatic rings. The smallest absolute Gasteiger partial charge is 0.270 e. The van der Waals surface area contributed by atoms with E-state index >= 15 is 0 Å². The molecule has 2 aromatic carbocycles. The minimum absolute atomic E-state index is 0.173. The van der Waals surface area contributed by atoms with Gasteiger partial charge >= 0.3 is 0 Å². The standard InChI is InChI=1S/C18H20N4O5S/c1-14(15-5-3-2-4-6-15)19-20-17-8-7-16(22(23)24)13-18(17)28(25,26)21-9-11-27-12-10-21/h2-8,13,20H,9-12H2,1H3/b19-14+. The summed E-state index contributed by atoms with van der Waals surface area (Å²) in [6.07, 6.45) is 0. The number of rotatable bonds is 6. The molecule has 9 nitrogen and oxygen atoms in total. The molecule has 1 heterocycles. The Balaban J connectivity index is 1.98. The summed E-state index contributed by atoms with van der Waals surface area (Å²) in [4.78, 5) is 10.3. The zero-order valence-corrected chi connectivity index (χ0v) is 16.1. The average molecular weight is 404 g/mol. The highest BCUT2D eigenvalue weighted by atomic mass is 32.2. The molecule has 28 heavy (non-hydrogen) atoms. The first-order valence-electron chi connectivity index (χ1n) is 8.61. The molecule has 0 saturated carbocycles. The van der Waals surface area contributed by atoms with Crippen molar-refractivity contribution in [2.45, 2.75) is 11.8 Å². The number of non-ortho nitro benzene ring substituents is 1. The van der Waals surface area contributed by atoms with Crippen molar-refractivity contribution in [3.63, 3.8) is 0 Å². The van der Waals surface area contributed by atoms with Crippen LogP contribution < -0.4 is 5.43 Å². The zero-order chi connectivity index (χ0) is 20.1. The van der Waals surface area contributed by atoms with E-state index in [1.165, 1.54) is 16.4 Å². The summed E-state index contributed by atoms with van der Waals surface area (Å²) in [5.41, 5.74) is 4.14. The van der Waals surface area contributed by atoms with Gasteiger partial charge in [-0.05, 0) is 18.6 Å². The topological polar surface area (TPSA) is 114 Å². The second kappa shape index (κ2) is 8.46. The Morgan fingerprint density at radius 3 is 2.50 bits per heavy atom. The third-order valence-electron chi connectivity index (χ3n) is 4.30. The Hall–Kier alpha value is -2.82. The number of nitrogens with one attached hydrogen (secondary N) is 1. The van der Waals surface area contributed by atoms with Gasteiger partial charge in [-0.3, -0.25) is 15.5 Å². The molecular weight excluding hydrogens is 384 g/mol. The number of sulfonamides is 1. The van der Waals surface area contributed by atoms with E-state index in [1.807, 2.05) is 30.3 Å². The van der Waals surface area contributed by atoms with E-state index in [-0.39, 0.29) is 42.6 Å². The van der Waals surface area contributed by atoms with Crippen LogP contribution in [0.3, 0.4) is 0 Å². The first-order chi connectivity index (χ1) is 13.4. The van der Waals surface area contributed by atoms with Crippen molar-refractivity contribution in [2.24, 2.45) is 5.10 Å². The Morgan fingerprint density at radius 2 is 1.86 bits per heavy atom. The molecule has 1 aliphatic heterocycles. The number of nitrogens with zero attached hydrogens (tertiary/aromatic N) is 3. The first-order valence-corrected chi connectivity index (χ1v) is 10.1. The number of hydrogen-bond donors (Lipinski definition) is 1. The van der Waals surface area contributed by atoms with Gasteiger partial charge in [0.05, 0.1) is 29.5 Å². The van der Waals surface area contributed by atoms with Crippen molar-refractivity contribution in [3.05, 3.63) is 64.2 Å². The van der Waals surface area contributed by atoms with Crippen molar-refractivity contribution in [3.8, 4) is 0 Å². The summed E-state index contributed by atoms with van der Waals surface area (Å²) in [6.45, 7) is 2.72. The summed E-state index contributed by atoms with van der Waals surface area (Å²) in [7, 11) is -3.94. The second-order valence-corrected chi connectivity index (χ2v) is 8.04. The molecule has 2 aromatic rings. The molecular formula is C18H20N4O5S. The number of nitro groups is 1. The minimum Gasteiger partial charge on any atom is -0.379 e. The van der Waals surface area contributed by atoms with E-state index in [4.69, 9.17) is 4.74 Å². The SMILES string of the molecule is C/C(=N\Nc1ccc([N+](=O)[O-])cc1S(=O)(=O)N1CCOCC1)c1ccccc1. The molecule has 1 fully saturated rings. The van der Waals surface area contributed by atoms with Crippen molar-refractivity contribution < 1.29 is 18.1 Å². The molecule has 1 N–H and O–H groups in total. The van der Waals surface area contributed by atoms with Crippen molar-refractivity contribution in [1.82, 2.24) is 4.31 Å². The summed E-state index contributed by atoms with van der Waals surface area (Å²) >= 11 is 0. The molecule has 0 unspecified atom stereocenters. The number of hydrogen-bond acceptors (Lipinski definition) is 7. The quantitative estimate of drug-likeness (QED) is 0.449. The predicted molar refractivity (Wildman–Crippen MR) is 105 cm³/mol. The maximum atomic E-state index is 13.1. The van der Waals surface area contributed by atoms with Gasteiger partial charge in [0.15, 0.2) is 0 Å². The lowest BCUT2D eigenvalue weighted by Gasteiger charge is -2.26. The molecule has 0 radical (unpaired) electrons. The maximum absolute atomic E-state index is 13.1. The van der Waals surface area contributed by atoms with Gasteiger partial charge in [0.1, 0.15) is 4.90 Å². The van der Waals surface area contributed by atoms with Crippen LogP contribution in [0, 0.1) is 10.1 Å². The molecule has 0 aromatic heterocycles. The Morgan fingerprint density at radius 1 is 1.18 bits per heavy atom. The Labute approximate surface area is 162 Å². The van der Waals surface area contributed by atoms with Gasteiger partial charge < -0.3 is 4.74 Å². The van der Waals surface area contributed by atoms with Crippen LogP contribution in [0.25, 0.3) is 0 Å². The van der Waals surface area contributed by atoms with Gasteiger partial charge in [0.25, 0.3) is 5.69 Å². The number of nitro benzene ring substituents is 1. The number of benzene rings is 2. The molecule has 0 spiro atoms. The van der Waals surface area contributed by atoms with Crippen LogP contribution in [-0.4, -0.2) is 49.7 Å². The molecule has 0 bridgehead atoms. The lowest BCUT2D eigenvalue weighted by molar-refractivity contribution is -0.385. The van der Waals surface area contributed by atoms with E-state index in [2.05, 4.69) is 10.5 Å². The predicted octanol–water partition coefficient (Wildman–Crippen LogP) is 2.45. The number of ether oxygens (including phenoxy) is 1. The van der Waals surface area contributed by atoms with Gasteiger partial charge in [-0.25, -0.2) is 8.42 Å². The third-order valence-corrected chi connectivity index (χ3v) is 6.24. The molecule has 0 atom stereocenters. The molecule has 1 saturated heterocycles. The van der Waals surface area contributed by atoms with Crippen molar-refractivity contribution >= 4 is 27.1 Å². The van der Waals surface area contributed by atoms with Gasteiger partial charge in [-0.1, -0.05) is 30.3 Å². The average Bonchev–Trinajstić information content (AvgIpc) is 2.73. The lowest BCUT2D eigenvalue weighted by Crippen LogP contribution is -2.40. The normalized spacial score (nSPS) is 16.0. The van der Waals surface area contributed by atoms with E-state index in [0.29, 0.717) is 5.71 Å². The Bertz CT molecular complexity index is 986. The van der Waals surface area contributed by atoms with E-state index in [1.54, 1.807) is 6.92 Å². The summed E-state index contributed by atoms with van der Waals surface area (Å²) < 4.78 is 32.6. The van der Waals surface area contributed by atoms with E-state index < -0.39 is 14.9 Å². The Kier molecular flexibility index (Phi) is 6.02. The van der Waals surface area contributed by atoms with Gasteiger partial charge in [0, 0.05) is 25.2 Å². The molecule has 3 rings (SSSR count). The molecule has 0 aliphatic carbocycles.